The lowest BCUT2D eigenvalue weighted by Gasteiger charge is -2.14. The van der Waals surface area contributed by atoms with E-state index in [1.807, 2.05) is 6.20 Å². The Hall–Kier alpha value is -0.680. The standard InChI is InChI=1S/C11H12ClIN4O3/c12-9-8-4(13)2-17(10(8)16-11(14)15-9)7-1-5(19)6(3-18)20-7/h2,5-7,18-19H,1,3H2,(H2,14,15,16)/t5-,6+,7+/m1/s1. The molecule has 1 aliphatic rings. The van der Waals surface area contributed by atoms with Gasteiger partial charge in [-0.25, -0.2) is 4.98 Å². The molecule has 2 aromatic heterocycles. The van der Waals surface area contributed by atoms with Crippen LogP contribution in [0.1, 0.15) is 12.6 Å². The number of nitrogen functional groups attached to an aromatic ring is 1. The average molecular weight is 411 g/mol. The zero-order valence-electron chi connectivity index (χ0n) is 10.2. The molecule has 1 saturated heterocycles. The Bertz CT molecular complexity index is 665. The van der Waals surface area contributed by atoms with Gasteiger partial charge in [-0.1, -0.05) is 11.6 Å². The lowest BCUT2D eigenvalue weighted by Crippen LogP contribution is -2.24. The van der Waals surface area contributed by atoms with E-state index >= 15 is 0 Å². The van der Waals surface area contributed by atoms with E-state index in [0.29, 0.717) is 17.5 Å². The summed E-state index contributed by atoms with van der Waals surface area (Å²) in [6.45, 7) is -0.230. The first-order valence-electron chi connectivity index (χ1n) is 5.94. The minimum atomic E-state index is -0.713. The first-order valence-corrected chi connectivity index (χ1v) is 7.40. The number of aliphatic hydroxyl groups is 2. The minimum Gasteiger partial charge on any atom is -0.394 e. The molecule has 20 heavy (non-hydrogen) atoms. The highest BCUT2D eigenvalue weighted by Gasteiger charge is 2.35. The number of aliphatic hydroxyl groups excluding tert-OH is 2. The number of hydrogen-bond donors (Lipinski definition) is 3. The third-order valence-corrected chi connectivity index (χ3v) is 4.38. The number of halogens is 2. The third-order valence-electron chi connectivity index (χ3n) is 3.29. The Balaban J connectivity index is 2.09. The van der Waals surface area contributed by atoms with Crippen molar-refractivity contribution in [3.63, 3.8) is 0 Å². The predicted octanol–water partition coefficient (Wildman–Crippen LogP) is 0.912. The van der Waals surface area contributed by atoms with Crippen LogP contribution in [0.5, 0.6) is 0 Å². The van der Waals surface area contributed by atoms with E-state index in [0.717, 1.165) is 3.57 Å². The van der Waals surface area contributed by atoms with Gasteiger partial charge in [0.15, 0.2) is 0 Å². The largest absolute Gasteiger partial charge is 0.394 e. The molecule has 0 bridgehead atoms. The summed E-state index contributed by atoms with van der Waals surface area (Å²) >= 11 is 8.22. The highest BCUT2D eigenvalue weighted by atomic mass is 127. The molecule has 0 aliphatic carbocycles. The molecular weight excluding hydrogens is 399 g/mol. The van der Waals surface area contributed by atoms with Crippen LogP contribution < -0.4 is 5.73 Å². The van der Waals surface area contributed by atoms with Crippen LogP contribution in [0, 0.1) is 3.57 Å². The number of anilines is 1. The van der Waals surface area contributed by atoms with Crippen molar-refractivity contribution >= 4 is 51.2 Å². The van der Waals surface area contributed by atoms with E-state index in [2.05, 4.69) is 32.6 Å². The lowest BCUT2D eigenvalue weighted by atomic mass is 10.2. The molecule has 3 rings (SSSR count). The maximum absolute atomic E-state index is 9.83. The van der Waals surface area contributed by atoms with E-state index in [4.69, 9.17) is 27.2 Å². The zero-order chi connectivity index (χ0) is 14.4. The molecule has 1 fully saturated rings. The molecular formula is C11H12ClIN4O3. The molecule has 0 unspecified atom stereocenters. The molecule has 0 amide bonds. The second-order valence-electron chi connectivity index (χ2n) is 4.57. The molecule has 2 aromatic rings. The van der Waals surface area contributed by atoms with Gasteiger partial charge in [0, 0.05) is 16.2 Å². The molecule has 0 saturated carbocycles. The summed E-state index contributed by atoms with van der Waals surface area (Å²) in [6.07, 6.45) is 0.465. The van der Waals surface area contributed by atoms with Crippen molar-refractivity contribution in [2.24, 2.45) is 0 Å². The van der Waals surface area contributed by atoms with Gasteiger partial charge in [0.2, 0.25) is 5.95 Å². The predicted molar refractivity (Wildman–Crippen MR) is 81.3 cm³/mol. The van der Waals surface area contributed by atoms with Gasteiger partial charge in [0.25, 0.3) is 0 Å². The highest BCUT2D eigenvalue weighted by Crippen LogP contribution is 2.35. The van der Waals surface area contributed by atoms with Gasteiger partial charge < -0.3 is 25.3 Å². The number of nitrogens with two attached hydrogens (primary N) is 1. The molecule has 3 atom stereocenters. The van der Waals surface area contributed by atoms with Crippen LogP contribution in [0.25, 0.3) is 11.0 Å². The molecule has 1 aliphatic heterocycles. The second-order valence-corrected chi connectivity index (χ2v) is 6.09. The number of rotatable bonds is 2. The van der Waals surface area contributed by atoms with Gasteiger partial charge in [0.05, 0.1) is 18.1 Å². The van der Waals surface area contributed by atoms with Crippen LogP contribution in [-0.2, 0) is 4.74 Å². The lowest BCUT2D eigenvalue weighted by molar-refractivity contribution is -0.0430. The van der Waals surface area contributed by atoms with Crippen LogP contribution in [0.2, 0.25) is 5.15 Å². The van der Waals surface area contributed by atoms with E-state index in [9.17, 15) is 5.11 Å². The Morgan fingerprint density at radius 3 is 2.95 bits per heavy atom. The van der Waals surface area contributed by atoms with E-state index in [1.165, 1.54) is 0 Å². The van der Waals surface area contributed by atoms with Gasteiger partial charge in [-0.15, -0.1) is 0 Å². The molecule has 3 heterocycles. The van der Waals surface area contributed by atoms with E-state index in [-0.39, 0.29) is 17.7 Å². The maximum atomic E-state index is 9.83. The molecule has 108 valence electrons. The molecule has 9 heteroatoms. The Labute approximate surface area is 132 Å². The third kappa shape index (κ3) is 2.25. The number of ether oxygens (including phenoxy) is 1. The number of fused-ring (bicyclic) bond motifs is 1. The first-order chi connectivity index (χ1) is 9.51. The maximum Gasteiger partial charge on any atom is 0.223 e. The van der Waals surface area contributed by atoms with Crippen molar-refractivity contribution in [3.8, 4) is 0 Å². The van der Waals surface area contributed by atoms with Crippen molar-refractivity contribution in [1.82, 2.24) is 14.5 Å². The Morgan fingerprint density at radius 1 is 1.55 bits per heavy atom. The average Bonchev–Trinajstić information content (AvgIpc) is 2.90. The zero-order valence-corrected chi connectivity index (χ0v) is 13.1. The van der Waals surface area contributed by atoms with Crippen molar-refractivity contribution in [2.75, 3.05) is 12.3 Å². The summed E-state index contributed by atoms with van der Waals surface area (Å²) in [5.41, 5.74) is 6.19. The summed E-state index contributed by atoms with van der Waals surface area (Å²) in [5, 5.41) is 20.0. The van der Waals surface area contributed by atoms with Crippen molar-refractivity contribution in [3.05, 3.63) is 14.9 Å². The normalized spacial score (nSPS) is 26.5. The number of hydrogen-bond acceptors (Lipinski definition) is 6. The number of nitrogens with zero attached hydrogens (tertiary/aromatic N) is 3. The topological polar surface area (TPSA) is 106 Å². The Kier molecular flexibility index (Phi) is 3.75. The monoisotopic (exact) mass is 410 g/mol. The number of aromatic nitrogens is 3. The summed E-state index contributed by atoms with van der Waals surface area (Å²) in [5.74, 6) is 0.0792. The molecule has 4 N–H and O–H groups in total. The Morgan fingerprint density at radius 2 is 2.30 bits per heavy atom. The van der Waals surface area contributed by atoms with Crippen LogP contribution in [0.15, 0.2) is 6.20 Å². The summed E-state index contributed by atoms with van der Waals surface area (Å²) in [6, 6.07) is 0. The van der Waals surface area contributed by atoms with Crippen molar-refractivity contribution in [1.29, 1.82) is 0 Å². The van der Waals surface area contributed by atoms with Gasteiger partial charge in [-0.2, -0.15) is 4.98 Å². The van der Waals surface area contributed by atoms with Crippen LogP contribution in [-0.4, -0.2) is 43.6 Å². The minimum absolute atomic E-state index is 0.0792. The first kappa shape index (κ1) is 14.3. The van der Waals surface area contributed by atoms with Gasteiger partial charge in [-0.05, 0) is 22.6 Å². The fourth-order valence-electron chi connectivity index (χ4n) is 2.35. The van der Waals surface area contributed by atoms with Gasteiger partial charge >= 0.3 is 0 Å². The highest BCUT2D eigenvalue weighted by molar-refractivity contribution is 14.1. The summed E-state index contributed by atoms with van der Waals surface area (Å²) < 4.78 is 8.26. The van der Waals surface area contributed by atoms with Crippen LogP contribution in [0.4, 0.5) is 5.95 Å². The van der Waals surface area contributed by atoms with Crippen molar-refractivity contribution in [2.45, 2.75) is 24.9 Å². The smallest absolute Gasteiger partial charge is 0.223 e. The van der Waals surface area contributed by atoms with Crippen LogP contribution >= 0.6 is 34.2 Å². The SMILES string of the molecule is Nc1nc(Cl)c2c(I)cn([C@@H]3C[C@@H](O)[C@H](CO)O3)c2n1. The second kappa shape index (κ2) is 5.26. The summed E-state index contributed by atoms with van der Waals surface area (Å²) in [7, 11) is 0. The molecule has 0 radical (unpaired) electrons. The quantitative estimate of drug-likeness (QED) is 0.502. The summed E-state index contributed by atoms with van der Waals surface area (Å²) in [4.78, 5) is 8.13. The fourth-order valence-corrected chi connectivity index (χ4v) is 3.58. The molecule has 7 nitrogen and oxygen atoms in total. The van der Waals surface area contributed by atoms with Crippen LogP contribution in [0.3, 0.4) is 0 Å². The van der Waals surface area contributed by atoms with Gasteiger partial charge in [0.1, 0.15) is 23.1 Å². The van der Waals surface area contributed by atoms with Crippen molar-refractivity contribution < 1.29 is 14.9 Å². The molecule has 0 spiro atoms. The fraction of sp³-hybridized carbons (Fsp3) is 0.455. The molecule has 0 aromatic carbocycles. The van der Waals surface area contributed by atoms with E-state index < -0.39 is 18.4 Å². The van der Waals surface area contributed by atoms with Gasteiger partial charge in [-0.3, -0.25) is 0 Å². The van der Waals surface area contributed by atoms with E-state index in [1.54, 1.807) is 4.57 Å².